The zero-order chi connectivity index (χ0) is 10.8. The first-order chi connectivity index (χ1) is 7.24. The average molecular weight is 225 g/mol. The normalized spacial score (nSPS) is 15.7. The number of Topliss-reactive ketones (excluding diaryl/α,β-unsaturated/α-hetero) is 1. The number of ketones is 1. The van der Waals surface area contributed by atoms with E-state index < -0.39 is 0 Å². The molecule has 1 aromatic rings. The van der Waals surface area contributed by atoms with Crippen molar-refractivity contribution in [2.24, 2.45) is 0 Å². The fourth-order valence-corrected chi connectivity index (χ4v) is 2.32. The van der Waals surface area contributed by atoms with Gasteiger partial charge >= 0.3 is 0 Å². The Balaban J connectivity index is 2.55. The lowest BCUT2D eigenvalue weighted by Gasteiger charge is -2.10. The molecule has 2 rings (SSSR count). The summed E-state index contributed by atoms with van der Waals surface area (Å²) in [4.78, 5) is 11.8. The molecule has 0 radical (unpaired) electrons. The highest BCUT2D eigenvalue weighted by atomic mass is 35.5. The molecule has 15 heavy (non-hydrogen) atoms. The Kier molecular flexibility index (Phi) is 2.96. The quantitative estimate of drug-likeness (QED) is 0.685. The minimum Gasteiger partial charge on any atom is -0.495 e. The summed E-state index contributed by atoms with van der Waals surface area (Å²) in [5, 5.41) is 0.602. The van der Waals surface area contributed by atoms with Crippen LogP contribution in [0, 0.1) is 0 Å². The van der Waals surface area contributed by atoms with Crippen molar-refractivity contribution in [1.82, 2.24) is 0 Å². The number of rotatable bonds is 1. The summed E-state index contributed by atoms with van der Waals surface area (Å²) in [6, 6.07) is 3.60. The van der Waals surface area contributed by atoms with Crippen molar-refractivity contribution in [2.45, 2.75) is 25.7 Å². The van der Waals surface area contributed by atoms with Crippen molar-refractivity contribution in [3.05, 3.63) is 28.3 Å². The highest BCUT2D eigenvalue weighted by Gasteiger charge is 2.19. The Bertz CT molecular complexity index is 399. The lowest BCUT2D eigenvalue weighted by atomic mass is 10.0. The summed E-state index contributed by atoms with van der Waals surface area (Å²) in [7, 11) is 1.59. The first-order valence-electron chi connectivity index (χ1n) is 5.12. The molecule has 80 valence electrons. The molecule has 0 spiro atoms. The number of hydrogen-bond donors (Lipinski definition) is 0. The fraction of sp³-hybridized carbons (Fsp3) is 0.417. The molecule has 0 bridgehead atoms. The fourth-order valence-electron chi connectivity index (χ4n) is 1.99. The first-order valence-corrected chi connectivity index (χ1v) is 5.50. The summed E-state index contributed by atoms with van der Waals surface area (Å²) in [5.41, 5.74) is 1.73. The van der Waals surface area contributed by atoms with E-state index in [1.807, 2.05) is 6.07 Å². The summed E-state index contributed by atoms with van der Waals surface area (Å²) >= 11 is 6.19. The number of ether oxygens (including phenoxy) is 1. The molecule has 1 aliphatic carbocycles. The molecule has 0 atom stereocenters. The Morgan fingerprint density at radius 3 is 2.73 bits per heavy atom. The Morgan fingerprint density at radius 1 is 1.27 bits per heavy atom. The molecule has 2 nitrogen and oxygen atoms in total. The number of halogens is 1. The molecule has 0 heterocycles. The van der Waals surface area contributed by atoms with E-state index in [0.717, 1.165) is 30.4 Å². The van der Waals surface area contributed by atoms with Crippen molar-refractivity contribution in [1.29, 1.82) is 0 Å². The van der Waals surface area contributed by atoms with Crippen LogP contribution in [0.15, 0.2) is 12.1 Å². The van der Waals surface area contributed by atoms with Crippen LogP contribution >= 0.6 is 11.6 Å². The Labute approximate surface area is 94.2 Å². The molecular weight excluding hydrogens is 212 g/mol. The molecule has 1 aromatic carbocycles. The molecule has 0 saturated heterocycles. The van der Waals surface area contributed by atoms with Gasteiger partial charge in [-0.1, -0.05) is 11.6 Å². The van der Waals surface area contributed by atoms with Gasteiger partial charge in [0.2, 0.25) is 0 Å². The third kappa shape index (κ3) is 1.86. The van der Waals surface area contributed by atoms with E-state index in [4.69, 9.17) is 16.3 Å². The molecule has 0 aromatic heterocycles. The van der Waals surface area contributed by atoms with Gasteiger partial charge in [0.1, 0.15) is 5.75 Å². The maximum Gasteiger partial charge on any atom is 0.163 e. The smallest absolute Gasteiger partial charge is 0.163 e. The number of carbonyl (C=O) groups is 1. The van der Waals surface area contributed by atoms with E-state index in [1.54, 1.807) is 13.2 Å². The van der Waals surface area contributed by atoms with E-state index >= 15 is 0 Å². The topological polar surface area (TPSA) is 26.3 Å². The minimum atomic E-state index is 0.201. The number of benzene rings is 1. The van der Waals surface area contributed by atoms with Gasteiger partial charge in [0.25, 0.3) is 0 Å². The summed E-state index contributed by atoms with van der Waals surface area (Å²) < 4.78 is 5.14. The predicted octanol–water partition coefficient (Wildman–Crippen LogP) is 3.26. The van der Waals surface area contributed by atoms with E-state index in [1.165, 1.54) is 0 Å². The summed E-state index contributed by atoms with van der Waals surface area (Å²) in [5.74, 6) is 0.858. The maximum absolute atomic E-state index is 11.8. The molecule has 0 N–H and O–H groups in total. The van der Waals surface area contributed by atoms with Gasteiger partial charge in [0, 0.05) is 12.0 Å². The van der Waals surface area contributed by atoms with Crippen molar-refractivity contribution in [3.63, 3.8) is 0 Å². The van der Waals surface area contributed by atoms with E-state index in [9.17, 15) is 4.79 Å². The Hall–Kier alpha value is -1.02. The van der Waals surface area contributed by atoms with Crippen molar-refractivity contribution < 1.29 is 9.53 Å². The van der Waals surface area contributed by atoms with Crippen LogP contribution < -0.4 is 4.74 Å². The predicted molar refractivity (Wildman–Crippen MR) is 59.9 cm³/mol. The van der Waals surface area contributed by atoms with Gasteiger partial charge < -0.3 is 4.74 Å². The molecule has 0 fully saturated rings. The SMILES string of the molecule is COc1ccc2c(c1Cl)CCCCC2=O. The van der Waals surface area contributed by atoms with E-state index in [2.05, 4.69) is 0 Å². The molecule has 0 saturated carbocycles. The molecule has 3 heteroatoms. The van der Waals surface area contributed by atoms with Gasteiger partial charge in [0.05, 0.1) is 12.1 Å². The van der Waals surface area contributed by atoms with Crippen LogP contribution in [0.2, 0.25) is 5.02 Å². The summed E-state index contributed by atoms with van der Waals surface area (Å²) in [6.07, 6.45) is 3.48. The second-order valence-corrected chi connectivity index (χ2v) is 4.12. The van der Waals surface area contributed by atoms with Gasteiger partial charge in [-0.2, -0.15) is 0 Å². The van der Waals surface area contributed by atoms with Crippen molar-refractivity contribution in [3.8, 4) is 5.75 Å². The van der Waals surface area contributed by atoms with Crippen molar-refractivity contribution >= 4 is 17.4 Å². The van der Waals surface area contributed by atoms with Gasteiger partial charge in [-0.3, -0.25) is 4.79 Å². The second kappa shape index (κ2) is 4.23. The lowest BCUT2D eigenvalue weighted by molar-refractivity contribution is 0.0982. The van der Waals surface area contributed by atoms with E-state index in [0.29, 0.717) is 17.2 Å². The van der Waals surface area contributed by atoms with Crippen LogP contribution in [0.3, 0.4) is 0 Å². The lowest BCUT2D eigenvalue weighted by Crippen LogP contribution is -2.01. The molecule has 0 unspecified atom stereocenters. The second-order valence-electron chi connectivity index (χ2n) is 3.74. The molecule has 1 aliphatic rings. The number of methoxy groups -OCH3 is 1. The third-order valence-electron chi connectivity index (χ3n) is 2.81. The Morgan fingerprint density at radius 2 is 2.00 bits per heavy atom. The van der Waals surface area contributed by atoms with Crippen LogP contribution in [0.4, 0.5) is 0 Å². The van der Waals surface area contributed by atoms with Crippen LogP contribution in [-0.2, 0) is 6.42 Å². The van der Waals surface area contributed by atoms with Crippen LogP contribution in [0.25, 0.3) is 0 Å². The number of hydrogen-bond acceptors (Lipinski definition) is 2. The maximum atomic E-state index is 11.8. The highest BCUT2D eigenvalue weighted by molar-refractivity contribution is 6.33. The van der Waals surface area contributed by atoms with Gasteiger partial charge in [0.15, 0.2) is 5.78 Å². The molecule has 0 aliphatic heterocycles. The van der Waals surface area contributed by atoms with Gasteiger partial charge in [-0.25, -0.2) is 0 Å². The van der Waals surface area contributed by atoms with Crippen LogP contribution in [0.1, 0.15) is 35.2 Å². The molecule has 0 amide bonds. The molecular formula is C12H13ClO2. The monoisotopic (exact) mass is 224 g/mol. The van der Waals surface area contributed by atoms with Crippen molar-refractivity contribution in [2.75, 3.05) is 7.11 Å². The highest BCUT2D eigenvalue weighted by Crippen LogP contribution is 2.34. The van der Waals surface area contributed by atoms with Crippen LogP contribution in [0.5, 0.6) is 5.75 Å². The standard InChI is InChI=1S/C12H13ClO2/c1-15-11-7-6-8-9(12(11)13)4-2-3-5-10(8)14/h6-7H,2-5H2,1H3. The van der Waals surface area contributed by atoms with Crippen LogP contribution in [-0.4, -0.2) is 12.9 Å². The third-order valence-corrected chi connectivity index (χ3v) is 3.22. The van der Waals surface area contributed by atoms with Gasteiger partial charge in [-0.15, -0.1) is 0 Å². The first kappa shape index (κ1) is 10.5. The minimum absolute atomic E-state index is 0.201. The number of carbonyl (C=O) groups excluding carboxylic acids is 1. The average Bonchev–Trinajstić information content (AvgIpc) is 2.42. The zero-order valence-electron chi connectivity index (χ0n) is 8.68. The number of fused-ring (bicyclic) bond motifs is 1. The zero-order valence-corrected chi connectivity index (χ0v) is 9.43. The van der Waals surface area contributed by atoms with Gasteiger partial charge in [-0.05, 0) is 37.0 Å². The largest absolute Gasteiger partial charge is 0.495 e. The van der Waals surface area contributed by atoms with E-state index in [-0.39, 0.29) is 5.78 Å². The summed E-state index contributed by atoms with van der Waals surface area (Å²) in [6.45, 7) is 0.